The maximum absolute atomic E-state index is 12.8. The van der Waals surface area contributed by atoms with Crippen molar-refractivity contribution in [2.75, 3.05) is 7.11 Å². The molecule has 1 amide bonds. The number of carbonyl (C=O) groups is 3. The molecule has 3 N–H and O–H groups in total. The number of methoxy groups -OCH3 is 1. The van der Waals surface area contributed by atoms with E-state index in [-0.39, 0.29) is 17.9 Å². The molecule has 0 saturated carbocycles. The molecule has 1 aromatic carbocycles. The number of rotatable bonds is 6. The van der Waals surface area contributed by atoms with Crippen LogP contribution in [0.1, 0.15) is 44.6 Å². The molecule has 0 unspecified atom stereocenters. The molecule has 146 valence electrons. The van der Waals surface area contributed by atoms with E-state index in [1.54, 1.807) is 13.8 Å². The maximum atomic E-state index is 12.8. The highest BCUT2D eigenvalue weighted by Gasteiger charge is 2.26. The van der Waals surface area contributed by atoms with E-state index in [1.807, 2.05) is 30.5 Å². The summed E-state index contributed by atoms with van der Waals surface area (Å²) in [5.41, 5.74) is 3.82. The molecule has 2 heterocycles. The van der Waals surface area contributed by atoms with Crippen molar-refractivity contribution in [2.24, 2.45) is 0 Å². The fraction of sp³-hybridized carbons (Fsp3) is 0.286. The molecule has 0 spiro atoms. The highest BCUT2D eigenvalue weighted by atomic mass is 16.5. The number of Topliss-reactive ketones (excluding diaryl/α,β-unsaturated/α-hetero) is 1. The lowest BCUT2D eigenvalue weighted by Crippen LogP contribution is -2.43. The molecule has 3 rings (SSSR count). The Morgan fingerprint density at radius 3 is 2.54 bits per heavy atom. The van der Waals surface area contributed by atoms with Crippen molar-refractivity contribution in [1.29, 1.82) is 0 Å². The second-order valence-electron chi connectivity index (χ2n) is 6.79. The Kier molecular flexibility index (Phi) is 5.35. The summed E-state index contributed by atoms with van der Waals surface area (Å²) in [4.78, 5) is 43.0. The Morgan fingerprint density at radius 1 is 1.18 bits per heavy atom. The first-order valence-electron chi connectivity index (χ1n) is 8.97. The summed E-state index contributed by atoms with van der Waals surface area (Å²) >= 11 is 0. The summed E-state index contributed by atoms with van der Waals surface area (Å²) in [6.07, 6.45) is 2.10. The van der Waals surface area contributed by atoms with E-state index in [0.717, 1.165) is 16.5 Å². The number of fused-ring (bicyclic) bond motifs is 1. The van der Waals surface area contributed by atoms with Crippen molar-refractivity contribution in [3.63, 3.8) is 0 Å². The molecule has 0 aliphatic carbocycles. The molecular weight excluding hydrogens is 358 g/mol. The number of H-pyrrole nitrogens is 2. The number of ether oxygens (including phenoxy) is 1. The van der Waals surface area contributed by atoms with Gasteiger partial charge in [-0.25, -0.2) is 4.79 Å². The van der Waals surface area contributed by atoms with Crippen LogP contribution in [0.5, 0.6) is 0 Å². The van der Waals surface area contributed by atoms with Crippen LogP contribution < -0.4 is 5.32 Å². The second-order valence-corrected chi connectivity index (χ2v) is 6.79. The zero-order valence-corrected chi connectivity index (χ0v) is 16.3. The lowest BCUT2D eigenvalue weighted by molar-refractivity contribution is -0.142. The number of benzene rings is 1. The Morgan fingerprint density at radius 2 is 1.89 bits per heavy atom. The van der Waals surface area contributed by atoms with Gasteiger partial charge < -0.3 is 20.0 Å². The Labute approximate surface area is 162 Å². The monoisotopic (exact) mass is 381 g/mol. The molecule has 0 aliphatic heterocycles. The molecule has 0 radical (unpaired) electrons. The summed E-state index contributed by atoms with van der Waals surface area (Å²) in [5, 5.41) is 3.72. The van der Waals surface area contributed by atoms with Crippen molar-refractivity contribution in [2.45, 2.75) is 33.2 Å². The third kappa shape index (κ3) is 3.55. The highest BCUT2D eigenvalue weighted by molar-refractivity contribution is 6.03. The van der Waals surface area contributed by atoms with E-state index in [4.69, 9.17) is 4.74 Å². The predicted octanol–water partition coefficient (Wildman–Crippen LogP) is 2.83. The second kappa shape index (κ2) is 7.72. The minimum absolute atomic E-state index is 0.117. The topological polar surface area (TPSA) is 104 Å². The first-order chi connectivity index (χ1) is 13.3. The van der Waals surface area contributed by atoms with Gasteiger partial charge in [0.05, 0.1) is 7.11 Å². The van der Waals surface area contributed by atoms with Crippen molar-refractivity contribution >= 4 is 28.6 Å². The number of aromatic amines is 2. The van der Waals surface area contributed by atoms with Crippen LogP contribution in [0.25, 0.3) is 10.9 Å². The van der Waals surface area contributed by atoms with Gasteiger partial charge in [-0.05, 0) is 38.0 Å². The molecule has 0 bridgehead atoms. The molecule has 3 aromatic rings. The van der Waals surface area contributed by atoms with Crippen LogP contribution >= 0.6 is 0 Å². The van der Waals surface area contributed by atoms with Crippen LogP contribution in [-0.2, 0) is 16.0 Å². The smallest absolute Gasteiger partial charge is 0.328 e. The molecule has 28 heavy (non-hydrogen) atoms. The van der Waals surface area contributed by atoms with Gasteiger partial charge in [-0.3, -0.25) is 9.59 Å². The van der Waals surface area contributed by atoms with E-state index in [9.17, 15) is 14.4 Å². The van der Waals surface area contributed by atoms with E-state index in [1.165, 1.54) is 14.0 Å². The van der Waals surface area contributed by atoms with Crippen molar-refractivity contribution < 1.29 is 19.1 Å². The van der Waals surface area contributed by atoms with Gasteiger partial charge in [-0.2, -0.15) is 0 Å². The van der Waals surface area contributed by atoms with Crippen molar-refractivity contribution in [1.82, 2.24) is 15.3 Å². The number of carbonyl (C=O) groups excluding carboxylic acids is 3. The summed E-state index contributed by atoms with van der Waals surface area (Å²) in [7, 11) is 1.29. The molecule has 0 saturated heterocycles. The summed E-state index contributed by atoms with van der Waals surface area (Å²) in [5.74, 6) is -1.11. The lowest BCUT2D eigenvalue weighted by atomic mass is 10.0. The van der Waals surface area contributed by atoms with E-state index >= 15 is 0 Å². The minimum Gasteiger partial charge on any atom is -0.467 e. The van der Waals surface area contributed by atoms with Gasteiger partial charge in [0.2, 0.25) is 0 Å². The van der Waals surface area contributed by atoms with Gasteiger partial charge in [0.15, 0.2) is 5.78 Å². The van der Waals surface area contributed by atoms with Crippen LogP contribution in [0, 0.1) is 13.8 Å². The first-order valence-corrected chi connectivity index (χ1v) is 8.97. The number of para-hydroxylation sites is 1. The van der Waals surface area contributed by atoms with Gasteiger partial charge in [-0.1, -0.05) is 18.2 Å². The molecule has 1 atom stereocenters. The minimum atomic E-state index is -0.861. The number of hydrogen-bond acceptors (Lipinski definition) is 4. The van der Waals surface area contributed by atoms with Gasteiger partial charge in [0.1, 0.15) is 11.7 Å². The van der Waals surface area contributed by atoms with E-state index in [2.05, 4.69) is 15.3 Å². The zero-order chi connectivity index (χ0) is 20.4. The van der Waals surface area contributed by atoms with E-state index < -0.39 is 17.9 Å². The van der Waals surface area contributed by atoms with Crippen LogP contribution in [0.4, 0.5) is 0 Å². The molecule has 0 fully saturated rings. The number of aromatic nitrogens is 2. The van der Waals surface area contributed by atoms with Gasteiger partial charge in [-0.15, -0.1) is 0 Å². The van der Waals surface area contributed by atoms with E-state index in [0.29, 0.717) is 16.8 Å². The summed E-state index contributed by atoms with van der Waals surface area (Å²) in [6.45, 7) is 4.91. The normalized spacial score (nSPS) is 12.0. The number of aryl methyl sites for hydroxylation is 1. The van der Waals surface area contributed by atoms with Crippen LogP contribution in [-0.4, -0.2) is 40.8 Å². The predicted molar refractivity (Wildman–Crippen MR) is 106 cm³/mol. The highest BCUT2D eigenvalue weighted by Crippen LogP contribution is 2.21. The van der Waals surface area contributed by atoms with Crippen molar-refractivity contribution in [3.8, 4) is 0 Å². The fourth-order valence-corrected chi connectivity index (χ4v) is 3.59. The molecule has 7 heteroatoms. The average Bonchev–Trinajstić information content (AvgIpc) is 3.20. The molecule has 7 nitrogen and oxygen atoms in total. The van der Waals surface area contributed by atoms with Gasteiger partial charge in [0.25, 0.3) is 5.91 Å². The third-order valence-electron chi connectivity index (χ3n) is 4.91. The quantitative estimate of drug-likeness (QED) is 0.451. The number of hydrogen-bond donors (Lipinski definition) is 3. The summed E-state index contributed by atoms with van der Waals surface area (Å²) in [6, 6.07) is 6.87. The number of nitrogens with one attached hydrogen (secondary N) is 3. The Hall–Kier alpha value is -3.35. The standard InChI is InChI=1S/C21H23N3O4/c1-11-18(13(3)25)12(2)23-19(11)20(26)24-17(21(27)28-4)9-14-10-22-16-8-6-5-7-15(14)16/h5-8,10,17,22-23H,9H2,1-4H3,(H,24,26)/t17-/m1/s1. The molecule has 2 aromatic heterocycles. The zero-order valence-electron chi connectivity index (χ0n) is 16.3. The summed E-state index contributed by atoms with van der Waals surface area (Å²) < 4.78 is 4.88. The molecular formula is C21H23N3O4. The van der Waals surface area contributed by atoms with Crippen molar-refractivity contribution in [3.05, 3.63) is 58.5 Å². The fourth-order valence-electron chi connectivity index (χ4n) is 3.59. The third-order valence-corrected chi connectivity index (χ3v) is 4.91. The first kappa shape index (κ1) is 19.4. The Bertz CT molecular complexity index is 1060. The Balaban J connectivity index is 1.87. The van der Waals surface area contributed by atoms with Crippen LogP contribution in [0.3, 0.4) is 0 Å². The largest absolute Gasteiger partial charge is 0.467 e. The average molecular weight is 381 g/mol. The number of ketones is 1. The van der Waals surface area contributed by atoms with Crippen LogP contribution in [0.15, 0.2) is 30.5 Å². The number of esters is 1. The maximum Gasteiger partial charge on any atom is 0.328 e. The molecule has 0 aliphatic rings. The lowest BCUT2D eigenvalue weighted by Gasteiger charge is -2.16. The number of amides is 1. The van der Waals surface area contributed by atoms with Gasteiger partial charge in [0, 0.05) is 34.8 Å². The SMILES string of the molecule is COC(=O)[C@@H](Cc1c[nH]c2ccccc12)NC(=O)c1[nH]c(C)c(C(C)=O)c1C. The van der Waals surface area contributed by atoms with Gasteiger partial charge >= 0.3 is 5.97 Å². The van der Waals surface area contributed by atoms with Crippen LogP contribution in [0.2, 0.25) is 0 Å².